The fourth-order valence-electron chi connectivity index (χ4n) is 1.74. The molecule has 2 aromatic rings. The summed E-state index contributed by atoms with van der Waals surface area (Å²) < 4.78 is 0. The molecule has 7 heteroatoms. The molecule has 0 saturated heterocycles. The van der Waals surface area contributed by atoms with Crippen molar-refractivity contribution in [3.8, 4) is 5.75 Å². The molecule has 7 nitrogen and oxygen atoms in total. The highest BCUT2D eigenvalue weighted by molar-refractivity contribution is 6.02. The molecular weight excluding hydrogens is 262 g/mol. The van der Waals surface area contributed by atoms with Crippen molar-refractivity contribution in [1.82, 2.24) is 5.43 Å². The number of phenolic OH excluding ortho intramolecular Hbond substituents is 1. The lowest BCUT2D eigenvalue weighted by Gasteiger charge is -2.04. The van der Waals surface area contributed by atoms with Crippen LogP contribution in [0.4, 0.5) is 0 Å². The minimum absolute atomic E-state index is 0.0102. The normalized spacial score (nSPS) is 10.8. The fraction of sp³-hybridized carbons (Fsp3) is 0.0769. The number of nitrogens with one attached hydrogen (secondary N) is 1. The number of hydrogen-bond acceptors (Lipinski definition) is 5. The Morgan fingerprint density at radius 3 is 2.85 bits per heavy atom. The Balaban J connectivity index is 2.23. The number of nitro groups is 1. The number of carbonyl (C=O) groups excluding carboxylic acids is 1. The second-order valence-electron chi connectivity index (χ2n) is 4.00. The lowest BCUT2D eigenvalue weighted by Crippen LogP contribution is -2.25. The van der Waals surface area contributed by atoms with E-state index in [-0.39, 0.29) is 5.75 Å². The summed E-state index contributed by atoms with van der Waals surface area (Å²) in [6, 6.07) is 10.6. The van der Waals surface area contributed by atoms with Gasteiger partial charge in [-0.3, -0.25) is 14.9 Å². The molecule has 0 spiro atoms. The number of hydrazone groups is 1. The van der Waals surface area contributed by atoms with Gasteiger partial charge in [0.05, 0.1) is 6.21 Å². The van der Waals surface area contributed by atoms with Crippen LogP contribution < -0.4 is 5.43 Å². The number of nitrogens with zero attached hydrogens (tertiary/aromatic N) is 2. The van der Waals surface area contributed by atoms with Crippen molar-refractivity contribution >= 4 is 22.9 Å². The van der Waals surface area contributed by atoms with E-state index in [0.29, 0.717) is 5.56 Å². The number of phenols is 1. The molecule has 0 unspecified atom stereocenters. The monoisotopic (exact) mass is 273 g/mol. The van der Waals surface area contributed by atoms with Gasteiger partial charge in [0.2, 0.25) is 0 Å². The van der Waals surface area contributed by atoms with E-state index in [2.05, 4.69) is 5.10 Å². The van der Waals surface area contributed by atoms with Crippen molar-refractivity contribution in [2.24, 2.45) is 5.10 Å². The third-order valence-corrected chi connectivity index (χ3v) is 2.60. The first-order chi connectivity index (χ1) is 9.58. The summed E-state index contributed by atoms with van der Waals surface area (Å²) in [5.41, 5.74) is 2.47. The van der Waals surface area contributed by atoms with Crippen LogP contribution in [0.15, 0.2) is 41.5 Å². The molecule has 2 rings (SSSR count). The average molecular weight is 273 g/mol. The third kappa shape index (κ3) is 3.08. The van der Waals surface area contributed by atoms with Gasteiger partial charge in [0.25, 0.3) is 6.54 Å². The molecule has 0 saturated carbocycles. The number of rotatable bonds is 4. The maximum absolute atomic E-state index is 11.1. The molecule has 0 aromatic heterocycles. The number of benzene rings is 2. The van der Waals surface area contributed by atoms with E-state index in [0.717, 1.165) is 10.8 Å². The highest BCUT2D eigenvalue weighted by Gasteiger charge is 2.08. The maximum Gasteiger partial charge on any atom is 0.311 e. The van der Waals surface area contributed by atoms with Gasteiger partial charge >= 0.3 is 5.91 Å². The minimum atomic E-state index is -0.848. The van der Waals surface area contributed by atoms with E-state index < -0.39 is 17.4 Å². The summed E-state index contributed by atoms with van der Waals surface area (Å²) >= 11 is 0. The van der Waals surface area contributed by atoms with Crippen LogP contribution in [0, 0.1) is 10.1 Å². The lowest BCUT2D eigenvalue weighted by molar-refractivity contribution is -0.467. The molecule has 0 aliphatic carbocycles. The van der Waals surface area contributed by atoms with Crippen molar-refractivity contribution in [2.75, 3.05) is 6.54 Å². The molecule has 2 N–H and O–H groups in total. The van der Waals surface area contributed by atoms with Crippen LogP contribution in [0.2, 0.25) is 0 Å². The van der Waals surface area contributed by atoms with Crippen LogP contribution in [-0.2, 0) is 4.79 Å². The molecule has 0 aliphatic heterocycles. The second-order valence-corrected chi connectivity index (χ2v) is 4.00. The highest BCUT2D eigenvalue weighted by atomic mass is 16.6. The number of fused-ring (bicyclic) bond motifs is 1. The highest BCUT2D eigenvalue weighted by Crippen LogP contribution is 2.25. The number of hydrogen-bond donors (Lipinski definition) is 2. The molecule has 0 aliphatic rings. The molecule has 1 amide bonds. The van der Waals surface area contributed by atoms with Gasteiger partial charge in [0.15, 0.2) is 0 Å². The van der Waals surface area contributed by atoms with Gasteiger partial charge in [0, 0.05) is 10.5 Å². The Labute approximate surface area is 113 Å². The Morgan fingerprint density at radius 2 is 2.10 bits per heavy atom. The van der Waals surface area contributed by atoms with Crippen LogP contribution in [0.1, 0.15) is 5.56 Å². The summed E-state index contributed by atoms with van der Waals surface area (Å²) in [5.74, 6) is -0.818. The quantitative estimate of drug-likeness (QED) is 0.497. The van der Waals surface area contributed by atoms with Gasteiger partial charge < -0.3 is 5.11 Å². The summed E-state index contributed by atoms with van der Waals surface area (Å²) in [4.78, 5) is 20.4. The SMILES string of the molecule is O=C(C[N+](=O)[O-])N/N=C/c1c(O)ccc2ccccc12. The van der Waals surface area contributed by atoms with E-state index in [9.17, 15) is 20.0 Å². The van der Waals surface area contributed by atoms with Crippen molar-refractivity contribution < 1.29 is 14.8 Å². The van der Waals surface area contributed by atoms with Crippen molar-refractivity contribution in [3.05, 3.63) is 52.1 Å². The van der Waals surface area contributed by atoms with Crippen LogP contribution >= 0.6 is 0 Å². The zero-order valence-electron chi connectivity index (χ0n) is 10.3. The van der Waals surface area contributed by atoms with Crippen molar-refractivity contribution in [2.45, 2.75) is 0 Å². The molecule has 102 valence electrons. The molecule has 0 heterocycles. The first kappa shape index (κ1) is 13.5. The van der Waals surface area contributed by atoms with Gasteiger partial charge in [-0.2, -0.15) is 5.10 Å². The molecule has 20 heavy (non-hydrogen) atoms. The smallest absolute Gasteiger partial charge is 0.311 e. The first-order valence-electron chi connectivity index (χ1n) is 5.72. The predicted molar refractivity (Wildman–Crippen MR) is 73.2 cm³/mol. The summed E-state index contributed by atoms with van der Waals surface area (Å²) in [6.07, 6.45) is 1.26. The van der Waals surface area contributed by atoms with Crippen molar-refractivity contribution in [1.29, 1.82) is 0 Å². The van der Waals surface area contributed by atoms with E-state index in [1.807, 2.05) is 23.6 Å². The third-order valence-electron chi connectivity index (χ3n) is 2.60. The number of carbonyl (C=O) groups is 1. The van der Waals surface area contributed by atoms with Crippen LogP contribution in [0.25, 0.3) is 10.8 Å². The van der Waals surface area contributed by atoms with Gasteiger partial charge in [-0.15, -0.1) is 0 Å². The Bertz CT molecular complexity index is 697. The number of aromatic hydroxyl groups is 1. The lowest BCUT2D eigenvalue weighted by atomic mass is 10.0. The summed E-state index contributed by atoms with van der Waals surface area (Å²) in [6.45, 7) is -0.848. The van der Waals surface area contributed by atoms with Gasteiger partial charge in [-0.25, -0.2) is 5.43 Å². The molecule has 0 radical (unpaired) electrons. The summed E-state index contributed by atoms with van der Waals surface area (Å²) in [5, 5.41) is 25.2. The predicted octanol–water partition coefficient (Wildman–Crippen LogP) is 1.27. The van der Waals surface area contributed by atoms with E-state index in [4.69, 9.17) is 0 Å². The molecule has 0 fully saturated rings. The van der Waals surface area contributed by atoms with E-state index >= 15 is 0 Å². The standard InChI is InChI=1S/C13H11N3O4/c17-12-6-5-9-3-1-2-4-10(9)11(12)7-14-15-13(18)8-16(19)20/h1-7,17H,8H2,(H,15,18)/b14-7+. The molecule has 0 bridgehead atoms. The van der Waals surface area contributed by atoms with Gasteiger partial charge in [0.1, 0.15) is 5.75 Å². The minimum Gasteiger partial charge on any atom is -0.507 e. The van der Waals surface area contributed by atoms with E-state index in [1.54, 1.807) is 12.1 Å². The number of amides is 1. The average Bonchev–Trinajstić information content (AvgIpc) is 2.40. The molecule has 0 atom stereocenters. The molecular formula is C13H11N3O4. The Kier molecular flexibility index (Phi) is 3.90. The Hall–Kier alpha value is -2.96. The summed E-state index contributed by atoms with van der Waals surface area (Å²) in [7, 11) is 0. The topological polar surface area (TPSA) is 105 Å². The van der Waals surface area contributed by atoms with Crippen LogP contribution in [-0.4, -0.2) is 28.7 Å². The van der Waals surface area contributed by atoms with Crippen molar-refractivity contribution in [3.63, 3.8) is 0 Å². The first-order valence-corrected chi connectivity index (χ1v) is 5.72. The fourth-order valence-corrected chi connectivity index (χ4v) is 1.74. The second kappa shape index (κ2) is 5.79. The molecule has 2 aromatic carbocycles. The van der Waals surface area contributed by atoms with Gasteiger partial charge in [-0.05, 0) is 16.8 Å². The zero-order chi connectivity index (χ0) is 14.5. The zero-order valence-corrected chi connectivity index (χ0v) is 10.3. The maximum atomic E-state index is 11.1. The van der Waals surface area contributed by atoms with E-state index in [1.165, 1.54) is 12.3 Å². The van der Waals surface area contributed by atoms with Crippen LogP contribution in [0.3, 0.4) is 0 Å². The van der Waals surface area contributed by atoms with Crippen LogP contribution in [0.5, 0.6) is 5.75 Å². The Morgan fingerprint density at radius 1 is 1.35 bits per heavy atom. The largest absolute Gasteiger partial charge is 0.507 e. The van der Waals surface area contributed by atoms with Gasteiger partial charge in [-0.1, -0.05) is 30.3 Å².